The Balaban J connectivity index is 2.37. The van der Waals surface area contributed by atoms with Gasteiger partial charge < -0.3 is 10.4 Å². The number of carboxylic acid groups (broad SMARTS) is 1. The summed E-state index contributed by atoms with van der Waals surface area (Å²) in [4.78, 5) is 11.3. The molecule has 20 heavy (non-hydrogen) atoms. The third kappa shape index (κ3) is 2.93. The van der Waals surface area contributed by atoms with E-state index in [-0.39, 0.29) is 0 Å². The number of carboxylic acids is 1. The zero-order valence-corrected chi connectivity index (χ0v) is 10.7. The fourth-order valence-corrected chi connectivity index (χ4v) is 1.86. The molecule has 0 aliphatic carbocycles. The Bertz CT molecular complexity index is 606. The molecule has 0 heterocycles. The molecule has 0 aromatic heterocycles. The van der Waals surface area contributed by atoms with Crippen molar-refractivity contribution in [2.24, 2.45) is 0 Å². The maximum absolute atomic E-state index is 13.7. The van der Waals surface area contributed by atoms with Gasteiger partial charge >= 0.3 is 5.97 Å². The molecule has 5 heteroatoms. The highest BCUT2D eigenvalue weighted by Gasteiger charge is 2.26. The highest BCUT2D eigenvalue weighted by Crippen LogP contribution is 2.25. The lowest BCUT2D eigenvalue weighted by atomic mass is 10.0. The number of carbonyl (C=O) groups is 1. The minimum Gasteiger partial charge on any atom is -0.479 e. The summed E-state index contributed by atoms with van der Waals surface area (Å²) in [5.74, 6) is -3.14. The third-order valence-corrected chi connectivity index (χ3v) is 2.90. The van der Waals surface area contributed by atoms with Crippen molar-refractivity contribution < 1.29 is 18.7 Å². The lowest BCUT2D eigenvalue weighted by molar-refractivity contribution is -0.138. The van der Waals surface area contributed by atoms with Crippen LogP contribution in [0.25, 0.3) is 0 Å². The Morgan fingerprint density at radius 2 is 1.65 bits per heavy atom. The number of hydrogen-bond donors (Lipinski definition) is 2. The van der Waals surface area contributed by atoms with Gasteiger partial charge in [0.1, 0.15) is 11.6 Å². The van der Waals surface area contributed by atoms with E-state index in [2.05, 4.69) is 5.32 Å². The molecule has 1 atom stereocenters. The summed E-state index contributed by atoms with van der Waals surface area (Å²) in [7, 11) is 0. The van der Waals surface area contributed by atoms with Crippen LogP contribution in [0.5, 0.6) is 0 Å². The van der Waals surface area contributed by atoms with Gasteiger partial charge in [-0.05, 0) is 31.2 Å². The van der Waals surface area contributed by atoms with E-state index in [4.69, 9.17) is 0 Å². The highest BCUT2D eigenvalue weighted by atomic mass is 19.1. The molecule has 2 aromatic rings. The van der Waals surface area contributed by atoms with E-state index in [1.165, 1.54) is 6.07 Å². The first-order valence-electron chi connectivity index (χ1n) is 5.99. The fourth-order valence-electron chi connectivity index (χ4n) is 1.86. The topological polar surface area (TPSA) is 49.3 Å². The molecule has 3 nitrogen and oxygen atoms in total. The molecule has 2 rings (SSSR count). The van der Waals surface area contributed by atoms with Crippen LogP contribution in [-0.2, 0) is 4.79 Å². The van der Waals surface area contributed by atoms with Crippen molar-refractivity contribution in [1.82, 2.24) is 0 Å². The average Bonchev–Trinajstić information content (AvgIpc) is 2.39. The van der Waals surface area contributed by atoms with Crippen LogP contribution >= 0.6 is 0 Å². The number of nitrogens with one attached hydrogen (secondary N) is 1. The number of aliphatic carboxylic acids is 1. The minimum atomic E-state index is -1.49. The minimum absolute atomic E-state index is 0.477. The van der Waals surface area contributed by atoms with Gasteiger partial charge in [0, 0.05) is 5.69 Å². The van der Waals surface area contributed by atoms with Gasteiger partial charge in [0.25, 0.3) is 0 Å². The Labute approximate surface area is 114 Å². The molecule has 0 aliphatic rings. The standard InChI is InChI=1S/C15H13F2NO2/c1-9-5-7-10(8-6-9)18-14(15(19)20)13-11(16)3-2-4-12(13)17/h2-8,14,18H,1H3,(H,19,20). The van der Waals surface area contributed by atoms with Crippen LogP contribution in [0.1, 0.15) is 17.2 Å². The number of halogens is 2. The molecule has 104 valence electrons. The van der Waals surface area contributed by atoms with E-state index in [0.717, 1.165) is 17.7 Å². The summed E-state index contributed by atoms with van der Waals surface area (Å²) in [5.41, 5.74) is 0.978. The van der Waals surface area contributed by atoms with Crippen molar-refractivity contribution in [3.05, 3.63) is 65.2 Å². The first-order chi connectivity index (χ1) is 9.49. The molecule has 0 bridgehead atoms. The summed E-state index contributed by atoms with van der Waals surface area (Å²) in [6.45, 7) is 1.88. The summed E-state index contributed by atoms with van der Waals surface area (Å²) >= 11 is 0. The second kappa shape index (κ2) is 5.69. The van der Waals surface area contributed by atoms with Crippen LogP contribution in [0.4, 0.5) is 14.5 Å². The second-order valence-electron chi connectivity index (χ2n) is 4.42. The van der Waals surface area contributed by atoms with Crippen LogP contribution in [-0.4, -0.2) is 11.1 Å². The lowest BCUT2D eigenvalue weighted by Crippen LogP contribution is -2.23. The molecule has 0 amide bonds. The number of aryl methyl sites for hydroxylation is 1. The van der Waals surface area contributed by atoms with Gasteiger partial charge in [-0.15, -0.1) is 0 Å². The molecule has 0 fully saturated rings. The first kappa shape index (κ1) is 14.0. The SMILES string of the molecule is Cc1ccc(NC(C(=O)O)c2c(F)cccc2F)cc1. The highest BCUT2D eigenvalue weighted by molar-refractivity contribution is 5.79. The van der Waals surface area contributed by atoms with Crippen molar-refractivity contribution in [1.29, 1.82) is 0 Å². The van der Waals surface area contributed by atoms with Crippen molar-refractivity contribution in [3.63, 3.8) is 0 Å². The van der Waals surface area contributed by atoms with Gasteiger partial charge in [-0.1, -0.05) is 23.8 Å². The quantitative estimate of drug-likeness (QED) is 0.899. The summed E-state index contributed by atoms with van der Waals surface area (Å²) < 4.78 is 27.4. The van der Waals surface area contributed by atoms with E-state index in [1.807, 2.05) is 6.92 Å². The van der Waals surface area contributed by atoms with Crippen LogP contribution < -0.4 is 5.32 Å². The molecule has 2 aromatic carbocycles. The summed E-state index contributed by atoms with van der Waals surface area (Å²) in [6.07, 6.45) is 0. The van der Waals surface area contributed by atoms with E-state index >= 15 is 0 Å². The number of rotatable bonds is 4. The van der Waals surface area contributed by atoms with Gasteiger partial charge in [-0.2, -0.15) is 0 Å². The average molecular weight is 277 g/mol. The van der Waals surface area contributed by atoms with Crippen LogP contribution in [0, 0.1) is 18.6 Å². The first-order valence-corrected chi connectivity index (χ1v) is 5.99. The van der Waals surface area contributed by atoms with E-state index in [0.29, 0.717) is 5.69 Å². The van der Waals surface area contributed by atoms with Gasteiger partial charge in [0.2, 0.25) is 0 Å². The number of benzene rings is 2. The smallest absolute Gasteiger partial charge is 0.331 e. The molecule has 0 spiro atoms. The number of anilines is 1. The Hall–Kier alpha value is -2.43. The summed E-state index contributed by atoms with van der Waals surface area (Å²) in [5, 5.41) is 11.8. The zero-order valence-electron chi connectivity index (χ0n) is 10.7. The summed E-state index contributed by atoms with van der Waals surface area (Å²) in [6, 6.07) is 8.64. The van der Waals surface area contributed by atoms with Crippen molar-refractivity contribution in [3.8, 4) is 0 Å². The Morgan fingerprint density at radius 1 is 1.10 bits per heavy atom. The largest absolute Gasteiger partial charge is 0.479 e. The van der Waals surface area contributed by atoms with E-state index < -0.39 is 29.2 Å². The Kier molecular flexibility index (Phi) is 3.98. The van der Waals surface area contributed by atoms with E-state index in [9.17, 15) is 18.7 Å². The molecular formula is C15H13F2NO2. The number of hydrogen-bond acceptors (Lipinski definition) is 2. The van der Waals surface area contributed by atoms with Crippen molar-refractivity contribution >= 4 is 11.7 Å². The van der Waals surface area contributed by atoms with Gasteiger partial charge in [-0.25, -0.2) is 13.6 Å². The Morgan fingerprint density at radius 3 is 2.15 bits per heavy atom. The van der Waals surface area contributed by atoms with E-state index in [1.54, 1.807) is 24.3 Å². The molecule has 0 saturated carbocycles. The van der Waals surface area contributed by atoms with Crippen molar-refractivity contribution in [2.75, 3.05) is 5.32 Å². The maximum atomic E-state index is 13.7. The molecule has 0 saturated heterocycles. The third-order valence-electron chi connectivity index (χ3n) is 2.90. The predicted octanol–water partition coefficient (Wildman–Crippen LogP) is 3.51. The fraction of sp³-hybridized carbons (Fsp3) is 0.133. The van der Waals surface area contributed by atoms with Gasteiger partial charge in [0.05, 0.1) is 5.56 Å². The van der Waals surface area contributed by atoms with Crippen molar-refractivity contribution in [2.45, 2.75) is 13.0 Å². The molecule has 2 N–H and O–H groups in total. The lowest BCUT2D eigenvalue weighted by Gasteiger charge is -2.17. The zero-order chi connectivity index (χ0) is 14.7. The molecule has 1 unspecified atom stereocenters. The van der Waals surface area contributed by atoms with Crippen LogP contribution in [0.3, 0.4) is 0 Å². The van der Waals surface area contributed by atoms with Gasteiger partial charge in [0.15, 0.2) is 6.04 Å². The maximum Gasteiger partial charge on any atom is 0.331 e. The molecular weight excluding hydrogens is 264 g/mol. The monoisotopic (exact) mass is 277 g/mol. The predicted molar refractivity (Wildman–Crippen MR) is 71.5 cm³/mol. The molecule has 0 radical (unpaired) electrons. The van der Waals surface area contributed by atoms with Crippen LogP contribution in [0.2, 0.25) is 0 Å². The van der Waals surface area contributed by atoms with Crippen LogP contribution in [0.15, 0.2) is 42.5 Å². The normalized spacial score (nSPS) is 11.9. The second-order valence-corrected chi connectivity index (χ2v) is 4.42. The van der Waals surface area contributed by atoms with Gasteiger partial charge in [-0.3, -0.25) is 0 Å². The molecule has 0 aliphatic heterocycles.